The Hall–Kier alpha value is 0.260. The van der Waals surface area contributed by atoms with E-state index in [1.54, 1.807) is 0 Å². The van der Waals surface area contributed by atoms with Crippen LogP contribution in [-0.2, 0) is 9.13 Å². The van der Waals surface area contributed by atoms with Gasteiger partial charge in [0.15, 0.2) is 0 Å². The largest absolute Gasteiger partial charge is 0.354 e. The van der Waals surface area contributed by atoms with Crippen molar-refractivity contribution in [3.05, 3.63) is 0 Å². The Morgan fingerprint density at radius 3 is 1.65 bits per heavy atom. The Morgan fingerprint density at radius 2 is 1.35 bits per heavy atom. The van der Waals surface area contributed by atoms with Crippen LogP contribution in [0.5, 0.6) is 0 Å². The first kappa shape index (κ1) is 15.3. The van der Waals surface area contributed by atoms with Crippen LogP contribution >= 0.6 is 15.2 Å². The predicted octanol–water partition coefficient (Wildman–Crippen LogP) is 0.747. The lowest BCUT2D eigenvalue weighted by Crippen LogP contribution is -2.43. The van der Waals surface area contributed by atoms with E-state index in [4.69, 9.17) is 19.6 Å². The third-order valence-corrected chi connectivity index (χ3v) is 6.74. The van der Waals surface area contributed by atoms with E-state index >= 15 is 0 Å². The summed E-state index contributed by atoms with van der Waals surface area (Å²) in [7, 11) is -9.69. The smallest absolute Gasteiger partial charge is 0.323 e. The normalized spacial score (nSPS) is 23.0. The van der Waals surface area contributed by atoms with E-state index in [0.29, 0.717) is 12.8 Å². The zero-order valence-electron chi connectivity index (χ0n) is 9.85. The average Bonchev–Trinajstić information content (AvgIpc) is 2.03. The quantitative estimate of drug-likeness (QED) is 0.565. The molecule has 4 N–H and O–H groups in total. The number of nitrogens with zero attached hydrogens (tertiary/aromatic N) is 1. The standard InChI is InChI=1S/C8H19NO6P2/c1-8(2)3-5-9(6-4-8)7(16(10,11)12)17(13,14)15/h7H,3-6H2,1-2H3,(H2,10,11,12)(H2,13,14,15). The van der Waals surface area contributed by atoms with Gasteiger partial charge in [-0.2, -0.15) is 0 Å². The Balaban J connectivity index is 2.89. The fraction of sp³-hybridized carbons (Fsp3) is 1.00. The molecule has 0 aromatic rings. The zero-order valence-corrected chi connectivity index (χ0v) is 11.6. The third kappa shape index (κ3) is 4.14. The summed E-state index contributed by atoms with van der Waals surface area (Å²) in [5, 5.41) is 0. The van der Waals surface area contributed by atoms with Gasteiger partial charge in [-0.25, -0.2) is 0 Å². The molecule has 7 nitrogen and oxygen atoms in total. The molecule has 1 rings (SSSR count). The van der Waals surface area contributed by atoms with E-state index in [-0.39, 0.29) is 18.5 Å². The van der Waals surface area contributed by atoms with Crippen molar-refractivity contribution in [2.45, 2.75) is 32.2 Å². The molecule has 0 atom stereocenters. The maximum absolute atomic E-state index is 11.2. The van der Waals surface area contributed by atoms with Gasteiger partial charge in [0, 0.05) is 13.1 Å². The molecule has 1 saturated heterocycles. The van der Waals surface area contributed by atoms with Gasteiger partial charge in [-0.05, 0) is 18.3 Å². The Kier molecular flexibility index (Phi) is 4.27. The highest BCUT2D eigenvalue weighted by Crippen LogP contribution is 2.61. The van der Waals surface area contributed by atoms with E-state index in [9.17, 15) is 9.13 Å². The van der Waals surface area contributed by atoms with Crippen molar-refractivity contribution in [2.24, 2.45) is 5.41 Å². The highest BCUT2D eigenvalue weighted by atomic mass is 31.2. The van der Waals surface area contributed by atoms with Gasteiger partial charge in [-0.3, -0.25) is 14.0 Å². The molecule has 0 unspecified atom stereocenters. The fourth-order valence-electron chi connectivity index (χ4n) is 1.98. The SMILES string of the molecule is CC1(C)CCN(C(P(=O)(O)O)P(=O)(O)O)CC1. The molecule has 0 spiro atoms. The van der Waals surface area contributed by atoms with Crippen molar-refractivity contribution in [2.75, 3.05) is 13.1 Å². The number of rotatable bonds is 3. The lowest BCUT2D eigenvalue weighted by molar-refractivity contribution is 0.122. The molecule has 0 aromatic carbocycles. The van der Waals surface area contributed by atoms with Crippen LogP contribution in [0, 0.1) is 5.41 Å². The molecule has 1 heterocycles. The van der Waals surface area contributed by atoms with Gasteiger partial charge in [0.2, 0.25) is 5.52 Å². The lowest BCUT2D eigenvalue weighted by atomic mass is 9.83. The fourth-order valence-corrected chi connectivity index (χ4v) is 4.86. The molecule has 0 saturated carbocycles. The van der Waals surface area contributed by atoms with Crippen LogP contribution in [0.1, 0.15) is 26.7 Å². The molecule has 17 heavy (non-hydrogen) atoms. The second-order valence-corrected chi connectivity index (χ2v) is 8.97. The number of piperidine rings is 1. The van der Waals surface area contributed by atoms with Crippen LogP contribution in [0.15, 0.2) is 0 Å². The lowest BCUT2D eigenvalue weighted by Gasteiger charge is -2.40. The minimum absolute atomic E-state index is 0.0465. The summed E-state index contributed by atoms with van der Waals surface area (Å²) < 4.78 is 22.4. The Labute approximate surface area is 100 Å². The van der Waals surface area contributed by atoms with Crippen LogP contribution in [0.4, 0.5) is 0 Å². The summed E-state index contributed by atoms with van der Waals surface area (Å²) in [6, 6.07) is 0. The molecule has 0 amide bonds. The summed E-state index contributed by atoms with van der Waals surface area (Å²) in [5.41, 5.74) is -1.95. The van der Waals surface area contributed by atoms with Gasteiger partial charge in [-0.1, -0.05) is 13.8 Å². The summed E-state index contributed by atoms with van der Waals surface area (Å²) in [6.45, 7) is 4.62. The first-order valence-electron chi connectivity index (χ1n) is 5.28. The summed E-state index contributed by atoms with van der Waals surface area (Å²) >= 11 is 0. The molecular formula is C8H19NO6P2. The van der Waals surface area contributed by atoms with E-state index < -0.39 is 20.7 Å². The topological polar surface area (TPSA) is 118 Å². The predicted molar refractivity (Wildman–Crippen MR) is 62.5 cm³/mol. The van der Waals surface area contributed by atoms with Gasteiger partial charge in [-0.15, -0.1) is 0 Å². The van der Waals surface area contributed by atoms with E-state index in [2.05, 4.69) is 0 Å². The monoisotopic (exact) mass is 287 g/mol. The Bertz CT molecular complexity index is 340. The first-order chi connectivity index (χ1) is 7.43. The number of hydrogen-bond donors (Lipinski definition) is 4. The summed E-state index contributed by atoms with van der Waals surface area (Å²) in [5.74, 6) is 0. The maximum Gasteiger partial charge on any atom is 0.354 e. The van der Waals surface area contributed by atoms with E-state index in [1.807, 2.05) is 13.8 Å². The third-order valence-electron chi connectivity index (χ3n) is 3.08. The second-order valence-electron chi connectivity index (χ2n) is 5.22. The van der Waals surface area contributed by atoms with Crippen molar-refractivity contribution in [1.82, 2.24) is 4.90 Å². The van der Waals surface area contributed by atoms with E-state index in [1.165, 1.54) is 4.90 Å². The highest BCUT2D eigenvalue weighted by molar-refractivity contribution is 7.70. The average molecular weight is 287 g/mol. The van der Waals surface area contributed by atoms with E-state index in [0.717, 1.165) is 0 Å². The van der Waals surface area contributed by atoms with Gasteiger partial charge < -0.3 is 19.6 Å². The maximum atomic E-state index is 11.2. The van der Waals surface area contributed by atoms with Crippen LogP contribution in [0.2, 0.25) is 0 Å². The minimum Gasteiger partial charge on any atom is -0.323 e. The summed E-state index contributed by atoms with van der Waals surface area (Å²) in [4.78, 5) is 37.5. The summed E-state index contributed by atoms with van der Waals surface area (Å²) in [6.07, 6.45) is 1.31. The van der Waals surface area contributed by atoms with Crippen LogP contribution in [0.3, 0.4) is 0 Å². The molecule has 1 aliphatic heterocycles. The second kappa shape index (κ2) is 4.74. The van der Waals surface area contributed by atoms with Crippen LogP contribution in [-0.4, -0.2) is 43.1 Å². The van der Waals surface area contributed by atoms with Crippen molar-refractivity contribution < 1.29 is 28.7 Å². The van der Waals surface area contributed by atoms with Gasteiger partial charge in [0.1, 0.15) is 0 Å². The highest BCUT2D eigenvalue weighted by Gasteiger charge is 2.48. The minimum atomic E-state index is -4.84. The molecule has 9 heteroatoms. The molecule has 102 valence electrons. The molecule has 0 aromatic heterocycles. The van der Waals surface area contributed by atoms with Gasteiger partial charge >= 0.3 is 15.2 Å². The van der Waals surface area contributed by atoms with Gasteiger partial charge in [0.25, 0.3) is 0 Å². The first-order valence-corrected chi connectivity index (χ1v) is 8.64. The Morgan fingerprint density at radius 1 is 1.00 bits per heavy atom. The molecule has 0 radical (unpaired) electrons. The number of hydrogen-bond acceptors (Lipinski definition) is 3. The van der Waals surface area contributed by atoms with Crippen molar-refractivity contribution in [3.63, 3.8) is 0 Å². The van der Waals surface area contributed by atoms with Crippen LogP contribution < -0.4 is 0 Å². The molecular weight excluding hydrogens is 268 g/mol. The molecule has 0 bridgehead atoms. The van der Waals surface area contributed by atoms with Gasteiger partial charge in [0.05, 0.1) is 0 Å². The zero-order chi connectivity index (χ0) is 13.5. The van der Waals surface area contributed by atoms with Crippen molar-refractivity contribution >= 4 is 15.2 Å². The van der Waals surface area contributed by atoms with Crippen LogP contribution in [0.25, 0.3) is 0 Å². The molecule has 1 fully saturated rings. The van der Waals surface area contributed by atoms with Crippen molar-refractivity contribution in [1.29, 1.82) is 0 Å². The van der Waals surface area contributed by atoms with Crippen molar-refractivity contribution in [3.8, 4) is 0 Å². The molecule has 1 aliphatic rings. The molecule has 0 aliphatic carbocycles. The number of likely N-dealkylation sites (tertiary alicyclic amines) is 1.